The summed E-state index contributed by atoms with van der Waals surface area (Å²) in [4.78, 5) is 0. The minimum atomic E-state index is -0.483. The van der Waals surface area contributed by atoms with Gasteiger partial charge in [-0.25, -0.2) is 0 Å². The topological polar surface area (TPSA) is 0 Å². The van der Waals surface area contributed by atoms with E-state index in [2.05, 4.69) is 93.6 Å². The SMILES string of the molecule is Cc1ccc(P(c2ccc(C)cc2)c2ccc(C)cc2)cc1.[Pd]. The third kappa shape index (κ3) is 4.39. The molecule has 2 heteroatoms. The Bertz CT molecular complexity index is 635. The van der Waals surface area contributed by atoms with Gasteiger partial charge in [-0.05, 0) is 44.6 Å². The van der Waals surface area contributed by atoms with Crippen molar-refractivity contribution in [3.05, 3.63) is 89.5 Å². The smallest absolute Gasteiger partial charge is 0 e. The molecular formula is C21H21PPd. The first-order chi connectivity index (χ1) is 10.6. The van der Waals surface area contributed by atoms with E-state index >= 15 is 0 Å². The van der Waals surface area contributed by atoms with Crippen LogP contribution in [0.4, 0.5) is 0 Å². The Morgan fingerprint density at radius 3 is 0.870 bits per heavy atom. The number of aryl methyl sites for hydroxylation is 3. The Morgan fingerprint density at radius 2 is 0.652 bits per heavy atom. The summed E-state index contributed by atoms with van der Waals surface area (Å²) < 4.78 is 0. The second-order valence-corrected chi connectivity index (χ2v) is 8.06. The maximum atomic E-state index is 2.28. The van der Waals surface area contributed by atoms with Crippen LogP contribution in [-0.2, 0) is 20.4 Å². The van der Waals surface area contributed by atoms with Crippen molar-refractivity contribution in [1.29, 1.82) is 0 Å². The molecule has 0 heterocycles. The Kier molecular flexibility index (Phi) is 6.32. The molecule has 0 aliphatic rings. The van der Waals surface area contributed by atoms with E-state index < -0.39 is 7.92 Å². The molecule has 0 unspecified atom stereocenters. The first-order valence-electron chi connectivity index (χ1n) is 7.63. The first-order valence-corrected chi connectivity index (χ1v) is 8.98. The molecule has 120 valence electrons. The third-order valence-electron chi connectivity index (χ3n) is 3.88. The standard InChI is InChI=1S/C21H21P.Pd/c1-16-4-10-19(11-5-16)22(20-12-6-17(2)7-13-20)21-14-8-18(3)9-15-21;/h4-15H,1-3H3;. The minimum Gasteiger partial charge on any atom is -0.0587 e. The molecule has 0 N–H and O–H groups in total. The van der Waals surface area contributed by atoms with E-state index in [4.69, 9.17) is 0 Å². The van der Waals surface area contributed by atoms with Crippen molar-refractivity contribution in [3.63, 3.8) is 0 Å². The fourth-order valence-corrected chi connectivity index (χ4v) is 4.76. The Balaban J connectivity index is 0.00000192. The van der Waals surface area contributed by atoms with Gasteiger partial charge in [0.1, 0.15) is 0 Å². The largest absolute Gasteiger partial charge is 0.0587 e. The van der Waals surface area contributed by atoms with Crippen LogP contribution in [0.1, 0.15) is 16.7 Å². The molecule has 0 saturated carbocycles. The molecule has 3 rings (SSSR count). The van der Waals surface area contributed by atoms with Crippen LogP contribution in [0.5, 0.6) is 0 Å². The summed E-state index contributed by atoms with van der Waals surface area (Å²) in [5, 5.41) is 4.23. The molecule has 0 aliphatic carbocycles. The fraction of sp³-hybridized carbons (Fsp3) is 0.143. The summed E-state index contributed by atoms with van der Waals surface area (Å²) in [6.45, 7) is 6.43. The van der Waals surface area contributed by atoms with E-state index in [0.29, 0.717) is 0 Å². The predicted octanol–water partition coefficient (Wildman–Crippen LogP) is 4.37. The summed E-state index contributed by atoms with van der Waals surface area (Å²) in [5.41, 5.74) is 3.93. The van der Waals surface area contributed by atoms with Crippen LogP contribution in [0.2, 0.25) is 0 Å². The van der Waals surface area contributed by atoms with Gasteiger partial charge in [-0.15, -0.1) is 0 Å². The van der Waals surface area contributed by atoms with Gasteiger partial charge >= 0.3 is 0 Å². The van der Waals surface area contributed by atoms with E-state index in [-0.39, 0.29) is 20.4 Å². The monoisotopic (exact) mass is 410 g/mol. The summed E-state index contributed by atoms with van der Waals surface area (Å²) in [7, 11) is -0.483. The van der Waals surface area contributed by atoms with Crippen LogP contribution in [-0.4, -0.2) is 0 Å². The van der Waals surface area contributed by atoms with Crippen molar-refractivity contribution < 1.29 is 20.4 Å². The van der Waals surface area contributed by atoms with Gasteiger partial charge in [0, 0.05) is 20.4 Å². The zero-order valence-electron chi connectivity index (χ0n) is 13.7. The van der Waals surface area contributed by atoms with Gasteiger partial charge < -0.3 is 0 Å². The van der Waals surface area contributed by atoms with Gasteiger partial charge in [-0.2, -0.15) is 0 Å². The summed E-state index contributed by atoms with van der Waals surface area (Å²) >= 11 is 0. The summed E-state index contributed by atoms with van der Waals surface area (Å²) in [6.07, 6.45) is 0. The molecule has 3 aromatic rings. The van der Waals surface area contributed by atoms with Crippen molar-refractivity contribution in [2.24, 2.45) is 0 Å². The first kappa shape index (κ1) is 18.1. The molecule has 0 radical (unpaired) electrons. The van der Waals surface area contributed by atoms with Crippen LogP contribution in [0.15, 0.2) is 72.8 Å². The molecule has 23 heavy (non-hydrogen) atoms. The molecule has 0 amide bonds. The van der Waals surface area contributed by atoms with Crippen molar-refractivity contribution in [2.45, 2.75) is 20.8 Å². The maximum Gasteiger partial charge on any atom is 0 e. The maximum absolute atomic E-state index is 2.28. The van der Waals surface area contributed by atoms with E-state index in [1.54, 1.807) is 0 Å². The van der Waals surface area contributed by atoms with Crippen LogP contribution >= 0.6 is 7.92 Å². The van der Waals surface area contributed by atoms with E-state index in [1.165, 1.54) is 32.6 Å². The van der Waals surface area contributed by atoms with Gasteiger partial charge in [0.25, 0.3) is 0 Å². The molecule has 3 aromatic carbocycles. The molecule has 0 nitrogen and oxygen atoms in total. The normalized spacial score (nSPS) is 10.4. The second-order valence-electron chi connectivity index (χ2n) is 5.84. The summed E-state index contributed by atoms with van der Waals surface area (Å²) in [5.74, 6) is 0. The minimum absolute atomic E-state index is 0. The van der Waals surface area contributed by atoms with Crippen LogP contribution in [0, 0.1) is 20.8 Å². The third-order valence-corrected chi connectivity index (χ3v) is 6.32. The van der Waals surface area contributed by atoms with Crippen molar-refractivity contribution in [2.75, 3.05) is 0 Å². The fourth-order valence-electron chi connectivity index (χ4n) is 2.53. The van der Waals surface area contributed by atoms with E-state index in [0.717, 1.165) is 0 Å². The van der Waals surface area contributed by atoms with Crippen LogP contribution < -0.4 is 15.9 Å². The average molecular weight is 411 g/mol. The summed E-state index contributed by atoms with van der Waals surface area (Å²) in [6, 6.07) is 27.0. The van der Waals surface area contributed by atoms with Crippen molar-refractivity contribution >= 4 is 23.8 Å². The van der Waals surface area contributed by atoms with E-state index in [1.807, 2.05) is 0 Å². The zero-order chi connectivity index (χ0) is 15.5. The van der Waals surface area contributed by atoms with Crippen LogP contribution in [0.25, 0.3) is 0 Å². The van der Waals surface area contributed by atoms with Gasteiger partial charge in [0.2, 0.25) is 0 Å². The Hall–Kier alpha value is -1.25. The number of rotatable bonds is 3. The molecule has 0 bridgehead atoms. The predicted molar refractivity (Wildman–Crippen MR) is 99.4 cm³/mol. The van der Waals surface area contributed by atoms with E-state index in [9.17, 15) is 0 Å². The Morgan fingerprint density at radius 1 is 0.435 bits per heavy atom. The molecule has 0 aromatic heterocycles. The van der Waals surface area contributed by atoms with Gasteiger partial charge in [0.15, 0.2) is 0 Å². The van der Waals surface area contributed by atoms with Gasteiger partial charge in [-0.3, -0.25) is 0 Å². The van der Waals surface area contributed by atoms with Crippen LogP contribution in [0.3, 0.4) is 0 Å². The van der Waals surface area contributed by atoms with Gasteiger partial charge in [0.05, 0.1) is 0 Å². The molecule has 0 atom stereocenters. The quantitative estimate of drug-likeness (QED) is 0.444. The van der Waals surface area contributed by atoms with Crippen molar-refractivity contribution in [3.8, 4) is 0 Å². The second kappa shape index (κ2) is 8.03. The van der Waals surface area contributed by atoms with Crippen molar-refractivity contribution in [1.82, 2.24) is 0 Å². The molecule has 0 fully saturated rings. The molecule has 0 spiro atoms. The number of benzene rings is 3. The number of hydrogen-bond donors (Lipinski definition) is 0. The molecular weight excluding hydrogens is 390 g/mol. The number of hydrogen-bond acceptors (Lipinski definition) is 0. The molecule has 0 aliphatic heterocycles. The zero-order valence-corrected chi connectivity index (χ0v) is 16.1. The molecule has 0 saturated heterocycles. The average Bonchev–Trinajstić information content (AvgIpc) is 2.53. The Labute approximate surface area is 154 Å². The van der Waals surface area contributed by atoms with Gasteiger partial charge in [-0.1, -0.05) is 89.5 Å².